The number of nitrogens with zero attached hydrogens (tertiary/aromatic N) is 1. The van der Waals surface area contributed by atoms with Crippen molar-refractivity contribution in [3.63, 3.8) is 0 Å². The first-order chi connectivity index (χ1) is 8.76. The zero-order chi connectivity index (χ0) is 14.6. The Morgan fingerprint density at radius 2 is 2.11 bits per heavy atom. The second-order valence-corrected chi connectivity index (χ2v) is 7.27. The van der Waals surface area contributed by atoms with Crippen LogP contribution in [0.4, 0.5) is 5.13 Å². The summed E-state index contributed by atoms with van der Waals surface area (Å²) in [5.41, 5.74) is 6.87. The molecule has 0 fully saturated rings. The third kappa shape index (κ3) is 4.91. The summed E-state index contributed by atoms with van der Waals surface area (Å²) in [6.07, 6.45) is 1.67. The van der Waals surface area contributed by atoms with E-state index in [1.165, 1.54) is 11.3 Å². The number of carbonyl (C=O) groups excluding carboxylic acids is 1. The maximum Gasteiger partial charge on any atom is 0.230 e. The van der Waals surface area contributed by atoms with Gasteiger partial charge in [0.05, 0.1) is 11.6 Å². The van der Waals surface area contributed by atoms with E-state index in [4.69, 9.17) is 5.73 Å². The third-order valence-corrected chi connectivity index (χ3v) is 3.90. The van der Waals surface area contributed by atoms with Gasteiger partial charge in [0, 0.05) is 11.4 Å². The number of rotatable bonds is 5. The fraction of sp³-hybridized carbons (Fsp3) is 0.714. The summed E-state index contributed by atoms with van der Waals surface area (Å²) < 4.78 is 0. The Morgan fingerprint density at radius 1 is 1.47 bits per heavy atom. The summed E-state index contributed by atoms with van der Waals surface area (Å²) in [6, 6.07) is 0. The molecule has 1 unspecified atom stereocenters. The van der Waals surface area contributed by atoms with E-state index in [0.717, 1.165) is 23.4 Å². The van der Waals surface area contributed by atoms with E-state index < -0.39 is 0 Å². The Hall–Kier alpha value is -0.940. The van der Waals surface area contributed by atoms with Crippen LogP contribution in [0.5, 0.6) is 0 Å². The quantitative estimate of drug-likeness (QED) is 0.873. The molecular weight excluding hydrogens is 258 g/mol. The molecule has 4 nitrogen and oxygen atoms in total. The number of carbonyl (C=O) groups is 1. The summed E-state index contributed by atoms with van der Waals surface area (Å²) >= 11 is 1.53. The lowest BCUT2D eigenvalue weighted by Crippen LogP contribution is -2.32. The van der Waals surface area contributed by atoms with Gasteiger partial charge in [0.2, 0.25) is 5.91 Å². The summed E-state index contributed by atoms with van der Waals surface area (Å²) in [6.45, 7) is 10.8. The van der Waals surface area contributed by atoms with Gasteiger partial charge < -0.3 is 11.1 Å². The van der Waals surface area contributed by atoms with E-state index in [0.29, 0.717) is 11.7 Å². The molecule has 1 aromatic heterocycles. The number of nitrogens with two attached hydrogens (primary N) is 1. The fourth-order valence-electron chi connectivity index (χ4n) is 2.04. The molecule has 3 N–H and O–H groups in total. The van der Waals surface area contributed by atoms with Gasteiger partial charge in [-0.25, -0.2) is 4.98 Å². The first-order valence-corrected chi connectivity index (χ1v) is 7.55. The molecule has 0 saturated heterocycles. The number of hydrogen-bond acceptors (Lipinski definition) is 4. The van der Waals surface area contributed by atoms with Crippen molar-refractivity contribution >= 4 is 22.4 Å². The topological polar surface area (TPSA) is 68.0 Å². The monoisotopic (exact) mass is 283 g/mol. The number of hydrogen-bond donors (Lipinski definition) is 2. The summed E-state index contributed by atoms with van der Waals surface area (Å²) in [7, 11) is 0. The SMILES string of the molecule is CCc1nc(NC(=O)C(CN)CC(C)(C)C)sc1C. The van der Waals surface area contributed by atoms with Gasteiger partial charge in [-0.05, 0) is 25.2 Å². The van der Waals surface area contributed by atoms with Crippen molar-refractivity contribution < 1.29 is 4.79 Å². The molecule has 0 saturated carbocycles. The molecule has 0 spiro atoms. The van der Waals surface area contributed by atoms with Gasteiger partial charge in [-0.3, -0.25) is 4.79 Å². The average Bonchev–Trinajstić information content (AvgIpc) is 2.65. The molecule has 5 heteroatoms. The van der Waals surface area contributed by atoms with Crippen LogP contribution in [0, 0.1) is 18.3 Å². The second kappa shape index (κ2) is 6.48. The van der Waals surface area contributed by atoms with Gasteiger partial charge in [0.25, 0.3) is 0 Å². The Labute approximate surface area is 119 Å². The van der Waals surface area contributed by atoms with Gasteiger partial charge >= 0.3 is 0 Å². The molecule has 1 heterocycles. The van der Waals surface area contributed by atoms with Crippen LogP contribution in [0.3, 0.4) is 0 Å². The van der Waals surface area contributed by atoms with Crippen LogP contribution in [-0.2, 0) is 11.2 Å². The zero-order valence-corrected chi connectivity index (χ0v) is 13.4. The van der Waals surface area contributed by atoms with Gasteiger partial charge in [-0.15, -0.1) is 11.3 Å². The van der Waals surface area contributed by atoms with Gasteiger partial charge in [-0.2, -0.15) is 0 Å². The number of anilines is 1. The molecule has 1 amide bonds. The van der Waals surface area contributed by atoms with E-state index in [1.807, 2.05) is 6.92 Å². The molecule has 0 aliphatic rings. The molecule has 0 radical (unpaired) electrons. The molecule has 1 atom stereocenters. The van der Waals surface area contributed by atoms with E-state index in [-0.39, 0.29) is 17.2 Å². The largest absolute Gasteiger partial charge is 0.330 e. The highest BCUT2D eigenvalue weighted by atomic mass is 32.1. The molecule has 0 aliphatic heterocycles. The number of nitrogens with one attached hydrogen (secondary N) is 1. The lowest BCUT2D eigenvalue weighted by molar-refractivity contribution is -0.120. The average molecular weight is 283 g/mol. The van der Waals surface area contributed by atoms with Crippen LogP contribution in [0.2, 0.25) is 0 Å². The van der Waals surface area contributed by atoms with Crippen molar-refractivity contribution in [2.45, 2.75) is 47.5 Å². The Bertz CT molecular complexity index is 434. The van der Waals surface area contributed by atoms with Gasteiger partial charge in [0.1, 0.15) is 0 Å². The fourth-order valence-corrected chi connectivity index (χ4v) is 2.94. The van der Waals surface area contributed by atoms with Crippen LogP contribution in [0.1, 0.15) is 44.7 Å². The summed E-state index contributed by atoms with van der Waals surface area (Å²) in [5.74, 6) is -0.178. The molecule has 0 aromatic carbocycles. The minimum Gasteiger partial charge on any atom is -0.330 e. The first kappa shape index (κ1) is 16.1. The highest BCUT2D eigenvalue weighted by molar-refractivity contribution is 7.15. The van der Waals surface area contributed by atoms with E-state index in [1.54, 1.807) is 0 Å². The van der Waals surface area contributed by atoms with Gasteiger partial charge in [-0.1, -0.05) is 27.7 Å². The third-order valence-electron chi connectivity index (χ3n) is 2.97. The molecule has 0 aliphatic carbocycles. The van der Waals surface area contributed by atoms with Crippen LogP contribution >= 0.6 is 11.3 Å². The molecular formula is C14H25N3OS. The normalized spacial score (nSPS) is 13.4. The first-order valence-electron chi connectivity index (χ1n) is 6.74. The van der Waals surface area contributed by atoms with E-state index >= 15 is 0 Å². The van der Waals surface area contributed by atoms with Gasteiger partial charge in [0.15, 0.2) is 5.13 Å². The highest BCUT2D eigenvalue weighted by Gasteiger charge is 2.24. The lowest BCUT2D eigenvalue weighted by atomic mass is 9.84. The summed E-state index contributed by atoms with van der Waals surface area (Å²) in [4.78, 5) is 17.8. The molecule has 19 heavy (non-hydrogen) atoms. The minimum atomic E-state index is -0.158. The van der Waals surface area contributed by atoms with Crippen molar-refractivity contribution in [2.75, 3.05) is 11.9 Å². The van der Waals surface area contributed by atoms with Crippen LogP contribution in [-0.4, -0.2) is 17.4 Å². The maximum absolute atomic E-state index is 12.2. The predicted molar refractivity (Wildman–Crippen MR) is 81.5 cm³/mol. The maximum atomic E-state index is 12.2. The zero-order valence-electron chi connectivity index (χ0n) is 12.5. The second-order valence-electron chi connectivity index (χ2n) is 6.06. The Kier molecular flexibility index (Phi) is 5.50. The minimum absolute atomic E-state index is 0.0196. The molecule has 0 bridgehead atoms. The number of aryl methyl sites for hydroxylation is 2. The number of amides is 1. The molecule has 1 rings (SSSR count). The summed E-state index contributed by atoms with van der Waals surface area (Å²) in [5, 5.41) is 3.59. The van der Waals surface area contributed by atoms with Crippen LogP contribution in [0.15, 0.2) is 0 Å². The molecule has 1 aromatic rings. The number of thiazole rings is 1. The highest BCUT2D eigenvalue weighted by Crippen LogP contribution is 2.26. The van der Waals surface area contributed by atoms with E-state index in [2.05, 4.69) is 38.0 Å². The molecule has 108 valence electrons. The van der Waals surface area contributed by atoms with Crippen LogP contribution in [0.25, 0.3) is 0 Å². The van der Waals surface area contributed by atoms with E-state index in [9.17, 15) is 4.79 Å². The smallest absolute Gasteiger partial charge is 0.230 e. The van der Waals surface area contributed by atoms with Crippen molar-refractivity contribution in [1.82, 2.24) is 4.98 Å². The Morgan fingerprint density at radius 3 is 2.53 bits per heavy atom. The lowest BCUT2D eigenvalue weighted by Gasteiger charge is -2.23. The number of aromatic nitrogens is 1. The van der Waals surface area contributed by atoms with Crippen molar-refractivity contribution in [1.29, 1.82) is 0 Å². The predicted octanol–water partition coefficient (Wildman–Crippen LogP) is 2.96. The van der Waals surface area contributed by atoms with Crippen molar-refractivity contribution in [2.24, 2.45) is 17.1 Å². The van der Waals surface area contributed by atoms with Crippen LogP contribution < -0.4 is 11.1 Å². The van der Waals surface area contributed by atoms with Crippen molar-refractivity contribution in [3.05, 3.63) is 10.6 Å². The standard InChI is InChI=1S/C14H25N3OS/c1-6-11-9(2)19-13(16-11)17-12(18)10(8-15)7-14(3,4)5/h10H,6-8,15H2,1-5H3,(H,16,17,18). The Balaban J connectivity index is 2.71. The van der Waals surface area contributed by atoms with Crippen molar-refractivity contribution in [3.8, 4) is 0 Å².